The number of anilines is 1. The first kappa shape index (κ1) is 25.8. The van der Waals surface area contributed by atoms with Gasteiger partial charge in [-0.15, -0.1) is 0 Å². The Kier molecular flexibility index (Phi) is 6.89. The number of phenolic OH excluding ortho intramolecular Hbond substituents is 1. The summed E-state index contributed by atoms with van der Waals surface area (Å²) in [6, 6.07) is 14.6. The lowest BCUT2D eigenvalue weighted by atomic mass is 9.92. The first-order chi connectivity index (χ1) is 18.2. The minimum Gasteiger partial charge on any atom is -0.508 e. The first-order valence-corrected chi connectivity index (χ1v) is 12.8. The Morgan fingerprint density at radius 3 is 2.39 bits per heavy atom. The summed E-state index contributed by atoms with van der Waals surface area (Å²) >= 11 is 3.35. The van der Waals surface area contributed by atoms with Crippen LogP contribution in [-0.2, 0) is 7.05 Å². The van der Waals surface area contributed by atoms with E-state index in [2.05, 4.69) is 25.8 Å². The third-order valence-corrected chi connectivity index (χ3v) is 7.54. The van der Waals surface area contributed by atoms with Crippen molar-refractivity contribution in [2.45, 2.75) is 13.0 Å². The number of aromatic nitrogens is 2. The van der Waals surface area contributed by atoms with Crippen LogP contribution in [0.3, 0.4) is 0 Å². The Morgan fingerprint density at radius 2 is 1.76 bits per heavy atom. The zero-order chi connectivity index (χ0) is 27.1. The molecule has 0 radical (unpaired) electrons. The zero-order valence-electron chi connectivity index (χ0n) is 20.8. The van der Waals surface area contributed by atoms with Gasteiger partial charge in [0.15, 0.2) is 5.69 Å². The normalized spacial score (nSPS) is 15.1. The summed E-state index contributed by atoms with van der Waals surface area (Å²) in [5, 5.41) is 22.9. The number of nitro groups is 1. The number of rotatable bonds is 5. The van der Waals surface area contributed by atoms with Crippen LogP contribution in [0.5, 0.6) is 5.75 Å². The number of halogens is 2. The molecule has 1 aliphatic heterocycles. The molecule has 196 valence electrons. The molecule has 38 heavy (non-hydrogen) atoms. The van der Waals surface area contributed by atoms with Gasteiger partial charge in [-0.2, -0.15) is 0 Å². The maximum absolute atomic E-state index is 13.8. The van der Waals surface area contributed by atoms with E-state index < -0.39 is 16.2 Å². The van der Waals surface area contributed by atoms with Gasteiger partial charge in [0.2, 0.25) is 0 Å². The number of phenols is 1. The van der Waals surface area contributed by atoms with E-state index >= 15 is 0 Å². The molecule has 2 aromatic heterocycles. The van der Waals surface area contributed by atoms with Crippen LogP contribution in [0.25, 0.3) is 11.0 Å². The lowest BCUT2D eigenvalue weighted by Crippen LogP contribution is -2.48. The van der Waals surface area contributed by atoms with E-state index in [9.17, 15) is 24.4 Å². The number of nitrogens with zero attached hydrogens (tertiary/aromatic N) is 5. The second kappa shape index (κ2) is 10.1. The highest BCUT2D eigenvalue weighted by atomic mass is 79.9. The maximum atomic E-state index is 13.8. The van der Waals surface area contributed by atoms with E-state index in [4.69, 9.17) is 0 Å². The fourth-order valence-electron chi connectivity index (χ4n) is 5.25. The van der Waals surface area contributed by atoms with Gasteiger partial charge in [0.05, 0.1) is 16.5 Å². The molecule has 1 fully saturated rings. The number of hydrogen-bond acceptors (Lipinski definition) is 7. The predicted octanol–water partition coefficient (Wildman–Crippen LogP) is 4.67. The molecule has 11 heteroatoms. The number of aromatic hydroxyl groups is 1. The molecule has 2 aromatic carbocycles. The van der Waals surface area contributed by atoms with Gasteiger partial charge in [-0.3, -0.25) is 19.8 Å². The van der Waals surface area contributed by atoms with Crippen LogP contribution < -0.4 is 10.5 Å². The average Bonchev–Trinajstić information content (AvgIpc) is 2.89. The van der Waals surface area contributed by atoms with E-state index in [-0.39, 0.29) is 23.3 Å². The highest BCUT2D eigenvalue weighted by Crippen LogP contribution is 2.39. The van der Waals surface area contributed by atoms with Crippen molar-refractivity contribution in [1.29, 1.82) is 0 Å². The van der Waals surface area contributed by atoms with Crippen molar-refractivity contribution in [2.24, 2.45) is 7.05 Å². The highest BCUT2D eigenvalue weighted by Gasteiger charge is 2.34. The number of aryl methyl sites for hydroxylation is 2. The number of benzene rings is 2. The lowest BCUT2D eigenvalue weighted by molar-refractivity contribution is -0.385. The monoisotopic (exact) mass is 581 g/mol. The Balaban J connectivity index is 1.56. The average molecular weight is 582 g/mol. The molecule has 3 heterocycles. The Bertz CT molecular complexity index is 1580. The van der Waals surface area contributed by atoms with Crippen molar-refractivity contribution < 1.29 is 14.4 Å². The van der Waals surface area contributed by atoms with Crippen LogP contribution in [0.2, 0.25) is 0 Å². The third-order valence-electron chi connectivity index (χ3n) is 7.10. The molecule has 1 saturated heterocycles. The largest absolute Gasteiger partial charge is 0.508 e. The van der Waals surface area contributed by atoms with Crippen LogP contribution in [-0.4, -0.2) is 50.7 Å². The van der Waals surface area contributed by atoms with Gasteiger partial charge in [0, 0.05) is 38.8 Å². The van der Waals surface area contributed by atoms with Crippen molar-refractivity contribution in [2.75, 3.05) is 31.1 Å². The van der Waals surface area contributed by atoms with Crippen LogP contribution in [0.4, 0.5) is 15.8 Å². The molecule has 0 bridgehead atoms. The SMILES string of the molecule is Cc1cccc(O)c1C(c1ccc(F)cc1)N1CCN(c2c([N+](=O)[O-])c(=O)n(C)c3ccc(Br)nc23)CC1. The molecule has 1 atom stereocenters. The summed E-state index contributed by atoms with van der Waals surface area (Å²) in [5.74, 6) is -0.209. The molecule has 1 N–H and O–H groups in total. The van der Waals surface area contributed by atoms with Gasteiger partial charge < -0.3 is 14.6 Å². The van der Waals surface area contributed by atoms with Gasteiger partial charge in [0.1, 0.15) is 21.7 Å². The van der Waals surface area contributed by atoms with E-state index in [1.54, 1.807) is 36.4 Å². The van der Waals surface area contributed by atoms with Crippen LogP contribution in [0.1, 0.15) is 22.7 Å². The Labute approximate surface area is 226 Å². The third kappa shape index (κ3) is 4.52. The minimum atomic E-state index is -0.696. The summed E-state index contributed by atoms with van der Waals surface area (Å²) in [6.45, 7) is 3.61. The molecule has 0 saturated carbocycles. The molecule has 0 aliphatic carbocycles. The van der Waals surface area contributed by atoms with E-state index in [0.717, 1.165) is 16.7 Å². The Morgan fingerprint density at radius 1 is 1.08 bits per heavy atom. The lowest BCUT2D eigenvalue weighted by Gasteiger charge is -2.41. The fraction of sp³-hybridized carbons (Fsp3) is 0.259. The van der Waals surface area contributed by atoms with Gasteiger partial charge in [-0.25, -0.2) is 9.37 Å². The van der Waals surface area contributed by atoms with Gasteiger partial charge >= 0.3 is 11.2 Å². The standard InChI is InChI=1S/C27H25BrFN5O4/c1-16-4-3-5-20(35)22(16)24(17-6-8-18(29)9-7-17)32-12-14-33(15-13-32)25-23-19(10-11-21(28)30-23)31(2)27(36)26(25)34(37)38/h3-11,24,35H,12-15H2,1-2H3. The number of hydrogen-bond donors (Lipinski definition) is 1. The fourth-order valence-corrected chi connectivity index (χ4v) is 5.56. The smallest absolute Gasteiger partial charge is 0.359 e. The molecule has 0 amide bonds. The molecule has 1 unspecified atom stereocenters. The number of fused-ring (bicyclic) bond motifs is 1. The van der Waals surface area contributed by atoms with Gasteiger partial charge in [-0.1, -0.05) is 24.3 Å². The maximum Gasteiger partial charge on any atom is 0.359 e. The molecular formula is C27H25BrFN5O4. The number of pyridine rings is 2. The summed E-state index contributed by atoms with van der Waals surface area (Å²) in [6.07, 6.45) is 0. The van der Waals surface area contributed by atoms with E-state index in [0.29, 0.717) is 41.8 Å². The zero-order valence-corrected chi connectivity index (χ0v) is 22.4. The van der Waals surface area contributed by atoms with Crippen molar-refractivity contribution in [3.8, 4) is 5.75 Å². The predicted molar refractivity (Wildman–Crippen MR) is 146 cm³/mol. The quantitative estimate of drug-likeness (QED) is 0.207. The molecule has 4 aromatic rings. The van der Waals surface area contributed by atoms with Gasteiger partial charge in [-0.05, 0) is 64.3 Å². The topological polar surface area (TPSA) is 105 Å². The molecular weight excluding hydrogens is 557 g/mol. The van der Waals surface area contributed by atoms with Crippen LogP contribution in [0, 0.1) is 22.9 Å². The summed E-state index contributed by atoms with van der Waals surface area (Å²) < 4.78 is 15.5. The van der Waals surface area contributed by atoms with Crippen molar-refractivity contribution >= 4 is 38.3 Å². The van der Waals surface area contributed by atoms with E-state index in [1.807, 2.05) is 17.9 Å². The van der Waals surface area contributed by atoms with Crippen molar-refractivity contribution in [3.05, 3.63) is 102 Å². The summed E-state index contributed by atoms with van der Waals surface area (Å²) in [5.41, 5.74) is 2.30. The number of piperazine rings is 1. The highest BCUT2D eigenvalue weighted by molar-refractivity contribution is 9.10. The first-order valence-electron chi connectivity index (χ1n) is 12.0. The molecule has 9 nitrogen and oxygen atoms in total. The van der Waals surface area contributed by atoms with Crippen molar-refractivity contribution in [3.63, 3.8) is 0 Å². The van der Waals surface area contributed by atoms with Crippen LogP contribution >= 0.6 is 15.9 Å². The molecule has 1 aliphatic rings. The summed E-state index contributed by atoms with van der Waals surface area (Å²) in [7, 11) is 1.50. The second-order valence-corrected chi connectivity index (χ2v) is 10.1. The van der Waals surface area contributed by atoms with E-state index in [1.165, 1.54) is 23.7 Å². The van der Waals surface area contributed by atoms with Gasteiger partial charge in [0.25, 0.3) is 0 Å². The minimum absolute atomic E-state index is 0.143. The van der Waals surface area contributed by atoms with Crippen molar-refractivity contribution in [1.82, 2.24) is 14.5 Å². The summed E-state index contributed by atoms with van der Waals surface area (Å²) in [4.78, 5) is 32.9. The second-order valence-electron chi connectivity index (χ2n) is 9.31. The Hall–Kier alpha value is -3.83. The molecule has 0 spiro atoms. The molecule has 5 rings (SSSR count). The van der Waals surface area contributed by atoms with Crippen LogP contribution in [0.15, 0.2) is 64.0 Å².